The molecule has 5 nitrogen and oxygen atoms in total. The molecule has 1 aromatic carbocycles. The van der Waals surface area contributed by atoms with Gasteiger partial charge in [0, 0.05) is 31.4 Å². The molecule has 1 aliphatic heterocycles. The number of likely N-dealkylation sites (tertiary alicyclic amines) is 1. The molecular weight excluding hydrogens is 326 g/mol. The van der Waals surface area contributed by atoms with Crippen LogP contribution in [0.15, 0.2) is 30.3 Å². The average molecular weight is 357 g/mol. The van der Waals surface area contributed by atoms with Crippen molar-refractivity contribution < 1.29 is 9.59 Å². The average Bonchev–Trinajstić information content (AvgIpc) is 2.70. The minimum Gasteiger partial charge on any atom is -0.340 e. The van der Waals surface area contributed by atoms with Crippen LogP contribution in [0.3, 0.4) is 0 Å². The predicted molar refractivity (Wildman–Crippen MR) is 104 cm³/mol. The molecule has 1 saturated carbocycles. The van der Waals surface area contributed by atoms with Gasteiger partial charge in [-0.3, -0.25) is 4.79 Å². The number of benzene rings is 1. The third-order valence-corrected chi connectivity index (χ3v) is 5.72. The molecule has 1 saturated heterocycles. The molecule has 0 bridgehead atoms. The van der Waals surface area contributed by atoms with Crippen LogP contribution in [0.1, 0.15) is 51.9 Å². The molecule has 1 aliphatic carbocycles. The number of carbonyl (C=O) groups is 2. The zero-order valence-corrected chi connectivity index (χ0v) is 15.8. The van der Waals surface area contributed by atoms with Gasteiger partial charge in [0.1, 0.15) is 0 Å². The smallest absolute Gasteiger partial charge is 0.321 e. The standard InChI is InChI=1S/C21H31N3O2/c1-2-24(19-13-7-4-8-14-19)20(25)17-10-9-15-23(16-17)21(26)22-18-11-5-3-6-12-18/h3,5-6,11-12,17,19H,2,4,7-10,13-16H2,1H3,(H,22,26). The van der Waals surface area contributed by atoms with Crippen molar-refractivity contribution in [3.05, 3.63) is 30.3 Å². The summed E-state index contributed by atoms with van der Waals surface area (Å²) in [5.74, 6) is 0.184. The first-order valence-corrected chi connectivity index (χ1v) is 10.1. The Hall–Kier alpha value is -2.04. The zero-order valence-electron chi connectivity index (χ0n) is 15.8. The van der Waals surface area contributed by atoms with Crippen LogP contribution in [0, 0.1) is 5.92 Å². The van der Waals surface area contributed by atoms with E-state index in [2.05, 4.69) is 17.1 Å². The number of nitrogens with one attached hydrogen (secondary N) is 1. The number of anilines is 1. The number of piperidine rings is 1. The Morgan fingerprint density at radius 1 is 1.08 bits per heavy atom. The van der Waals surface area contributed by atoms with Gasteiger partial charge in [-0.15, -0.1) is 0 Å². The fourth-order valence-electron chi connectivity index (χ4n) is 4.31. The van der Waals surface area contributed by atoms with Crippen LogP contribution < -0.4 is 5.32 Å². The van der Waals surface area contributed by atoms with E-state index in [-0.39, 0.29) is 17.9 Å². The van der Waals surface area contributed by atoms with Gasteiger partial charge in [0.05, 0.1) is 5.92 Å². The van der Waals surface area contributed by atoms with Gasteiger partial charge in [-0.1, -0.05) is 37.5 Å². The highest BCUT2D eigenvalue weighted by Crippen LogP contribution is 2.26. The Kier molecular flexibility index (Phi) is 6.53. The van der Waals surface area contributed by atoms with Crippen molar-refractivity contribution in [1.82, 2.24) is 9.80 Å². The molecule has 3 amide bonds. The molecule has 5 heteroatoms. The summed E-state index contributed by atoms with van der Waals surface area (Å²) < 4.78 is 0. The van der Waals surface area contributed by atoms with E-state index < -0.39 is 0 Å². The number of nitrogens with zero attached hydrogens (tertiary/aromatic N) is 2. The highest BCUT2D eigenvalue weighted by atomic mass is 16.2. The molecule has 1 heterocycles. The molecule has 0 spiro atoms. The predicted octanol–water partition coefficient (Wildman–Crippen LogP) is 4.11. The summed E-state index contributed by atoms with van der Waals surface area (Å²) in [7, 11) is 0. The molecule has 2 aliphatic rings. The number of carbonyl (C=O) groups excluding carboxylic acids is 2. The topological polar surface area (TPSA) is 52.7 Å². The Bertz CT molecular complexity index is 599. The highest BCUT2D eigenvalue weighted by molar-refractivity contribution is 5.90. The lowest BCUT2D eigenvalue weighted by Gasteiger charge is -2.39. The number of rotatable bonds is 4. The van der Waals surface area contributed by atoms with Gasteiger partial charge in [0.25, 0.3) is 0 Å². The lowest BCUT2D eigenvalue weighted by atomic mass is 9.91. The first-order chi connectivity index (χ1) is 12.7. The quantitative estimate of drug-likeness (QED) is 0.881. The third kappa shape index (κ3) is 4.57. The van der Waals surface area contributed by atoms with Gasteiger partial charge < -0.3 is 15.1 Å². The summed E-state index contributed by atoms with van der Waals surface area (Å²) in [6.07, 6.45) is 7.78. The summed E-state index contributed by atoms with van der Waals surface area (Å²) in [4.78, 5) is 29.6. The molecule has 2 fully saturated rings. The summed E-state index contributed by atoms with van der Waals surface area (Å²) in [6.45, 7) is 4.10. The maximum Gasteiger partial charge on any atom is 0.321 e. The Balaban J connectivity index is 1.59. The fraction of sp³-hybridized carbons (Fsp3) is 0.619. The first kappa shape index (κ1) is 18.7. The molecule has 26 heavy (non-hydrogen) atoms. The van der Waals surface area contributed by atoms with Crippen LogP contribution in [0.25, 0.3) is 0 Å². The van der Waals surface area contributed by atoms with Crippen LogP contribution >= 0.6 is 0 Å². The van der Waals surface area contributed by atoms with Crippen molar-refractivity contribution in [3.63, 3.8) is 0 Å². The van der Waals surface area contributed by atoms with E-state index in [1.165, 1.54) is 19.3 Å². The number of hydrogen-bond acceptors (Lipinski definition) is 2. The summed E-state index contributed by atoms with van der Waals surface area (Å²) in [5, 5.41) is 2.94. The van der Waals surface area contributed by atoms with Crippen molar-refractivity contribution in [2.75, 3.05) is 25.0 Å². The number of para-hydroxylation sites is 1. The first-order valence-electron chi connectivity index (χ1n) is 10.1. The molecule has 1 aromatic rings. The minimum atomic E-state index is -0.102. The second-order valence-corrected chi connectivity index (χ2v) is 7.50. The SMILES string of the molecule is CCN(C(=O)C1CCCN(C(=O)Nc2ccccc2)C1)C1CCCCC1. The van der Waals surface area contributed by atoms with Crippen LogP contribution in [0.2, 0.25) is 0 Å². The zero-order chi connectivity index (χ0) is 18.4. The minimum absolute atomic E-state index is 0.0628. The van der Waals surface area contributed by atoms with Crippen LogP contribution in [0.5, 0.6) is 0 Å². The largest absolute Gasteiger partial charge is 0.340 e. The van der Waals surface area contributed by atoms with Gasteiger partial charge in [0.15, 0.2) is 0 Å². The molecule has 142 valence electrons. The maximum absolute atomic E-state index is 13.1. The second kappa shape index (κ2) is 9.06. The molecule has 0 radical (unpaired) electrons. The summed E-state index contributed by atoms with van der Waals surface area (Å²) >= 11 is 0. The van der Waals surface area contributed by atoms with Crippen molar-refractivity contribution >= 4 is 17.6 Å². The summed E-state index contributed by atoms with van der Waals surface area (Å²) in [5.41, 5.74) is 0.795. The number of amides is 3. The molecular formula is C21H31N3O2. The van der Waals surface area contributed by atoms with Gasteiger partial charge >= 0.3 is 6.03 Å². The van der Waals surface area contributed by atoms with Gasteiger partial charge in [0.2, 0.25) is 5.91 Å². The number of urea groups is 1. The van der Waals surface area contributed by atoms with E-state index in [1.807, 2.05) is 30.3 Å². The lowest BCUT2D eigenvalue weighted by Crippen LogP contribution is -2.50. The molecule has 1 atom stereocenters. The van der Waals surface area contributed by atoms with Crippen LogP contribution in [-0.4, -0.2) is 47.4 Å². The normalized spacial score (nSPS) is 21.3. The Morgan fingerprint density at radius 2 is 1.81 bits per heavy atom. The summed E-state index contributed by atoms with van der Waals surface area (Å²) in [6, 6.07) is 9.79. The van der Waals surface area contributed by atoms with Crippen molar-refractivity contribution in [2.45, 2.75) is 57.9 Å². The monoisotopic (exact) mass is 357 g/mol. The lowest BCUT2D eigenvalue weighted by molar-refractivity contribution is -0.139. The molecule has 0 aromatic heterocycles. The molecule has 1 N–H and O–H groups in total. The van der Waals surface area contributed by atoms with Crippen molar-refractivity contribution in [3.8, 4) is 0 Å². The molecule has 3 rings (SSSR count). The van der Waals surface area contributed by atoms with E-state index in [1.54, 1.807) is 4.90 Å². The van der Waals surface area contributed by atoms with Crippen molar-refractivity contribution in [2.24, 2.45) is 5.92 Å². The van der Waals surface area contributed by atoms with E-state index in [0.717, 1.165) is 44.5 Å². The van der Waals surface area contributed by atoms with Gasteiger partial charge in [-0.2, -0.15) is 0 Å². The highest BCUT2D eigenvalue weighted by Gasteiger charge is 2.33. The van der Waals surface area contributed by atoms with E-state index >= 15 is 0 Å². The maximum atomic E-state index is 13.1. The number of hydrogen-bond donors (Lipinski definition) is 1. The van der Waals surface area contributed by atoms with Crippen LogP contribution in [0.4, 0.5) is 10.5 Å². The van der Waals surface area contributed by atoms with E-state index in [9.17, 15) is 9.59 Å². The fourth-order valence-corrected chi connectivity index (χ4v) is 4.31. The van der Waals surface area contributed by atoms with Gasteiger partial charge in [-0.05, 0) is 44.7 Å². The van der Waals surface area contributed by atoms with E-state index in [4.69, 9.17) is 0 Å². The second-order valence-electron chi connectivity index (χ2n) is 7.50. The third-order valence-electron chi connectivity index (χ3n) is 5.72. The Morgan fingerprint density at radius 3 is 2.50 bits per heavy atom. The molecule has 1 unspecified atom stereocenters. The Labute approximate surface area is 156 Å². The van der Waals surface area contributed by atoms with E-state index in [0.29, 0.717) is 12.6 Å². The van der Waals surface area contributed by atoms with Crippen molar-refractivity contribution in [1.29, 1.82) is 0 Å². The van der Waals surface area contributed by atoms with Crippen LogP contribution in [-0.2, 0) is 4.79 Å². The van der Waals surface area contributed by atoms with Gasteiger partial charge in [-0.25, -0.2) is 4.79 Å².